The van der Waals surface area contributed by atoms with Gasteiger partial charge in [0, 0.05) is 10.2 Å². The van der Waals surface area contributed by atoms with Gasteiger partial charge in [-0.2, -0.15) is 0 Å². The topological polar surface area (TPSA) is 69.6 Å². The van der Waals surface area contributed by atoms with Gasteiger partial charge in [-0.15, -0.1) is 0 Å². The maximum absolute atomic E-state index is 10.8. The molecule has 0 radical (unpaired) electrons. The molecule has 0 amide bonds. The first-order valence-corrected chi connectivity index (χ1v) is 6.15. The molecule has 0 aliphatic rings. The van der Waals surface area contributed by atoms with Crippen LogP contribution in [0.4, 0.5) is 5.69 Å². The predicted octanol–water partition coefficient (Wildman–Crippen LogP) is 2.58. The molecule has 0 fully saturated rings. The van der Waals surface area contributed by atoms with Crippen molar-refractivity contribution in [2.45, 2.75) is 19.9 Å². The second kappa shape index (κ2) is 6.02. The Morgan fingerprint density at radius 3 is 2.53 bits per heavy atom. The van der Waals surface area contributed by atoms with Crippen molar-refractivity contribution in [3.05, 3.63) is 28.2 Å². The van der Waals surface area contributed by atoms with Gasteiger partial charge in [-0.25, -0.2) is 4.79 Å². The number of anilines is 1. The van der Waals surface area contributed by atoms with Crippen LogP contribution in [0.3, 0.4) is 0 Å². The van der Waals surface area contributed by atoms with E-state index >= 15 is 0 Å². The number of aliphatic hydroxyl groups excluding tert-OH is 1. The zero-order chi connectivity index (χ0) is 13.0. The molecule has 0 unspecified atom stereocenters. The molecule has 0 bridgehead atoms. The molecule has 4 nitrogen and oxygen atoms in total. The summed E-state index contributed by atoms with van der Waals surface area (Å²) in [5.74, 6) is -0.675. The van der Waals surface area contributed by atoms with Gasteiger partial charge in [0.1, 0.15) is 0 Å². The fourth-order valence-corrected chi connectivity index (χ4v) is 1.88. The maximum Gasteiger partial charge on any atom is 0.335 e. The maximum atomic E-state index is 10.8. The summed E-state index contributed by atoms with van der Waals surface area (Å²) in [6.07, 6.45) is 0. The summed E-state index contributed by atoms with van der Waals surface area (Å²) in [5, 5.41) is 21.2. The van der Waals surface area contributed by atoms with Gasteiger partial charge in [0.2, 0.25) is 0 Å². The quantitative estimate of drug-likeness (QED) is 0.782. The monoisotopic (exact) mass is 301 g/mol. The number of carboxylic acid groups (broad SMARTS) is 1. The number of hydrogen-bond donors (Lipinski definition) is 3. The molecule has 0 aliphatic carbocycles. The number of carbonyl (C=O) groups is 1. The molecule has 0 aromatic heterocycles. The number of aromatic carboxylic acids is 1. The predicted molar refractivity (Wildman–Crippen MR) is 70.4 cm³/mol. The Morgan fingerprint density at radius 1 is 1.47 bits per heavy atom. The highest BCUT2D eigenvalue weighted by atomic mass is 79.9. The largest absolute Gasteiger partial charge is 0.478 e. The molecule has 1 aromatic carbocycles. The van der Waals surface area contributed by atoms with Crippen LogP contribution in [0.5, 0.6) is 0 Å². The van der Waals surface area contributed by atoms with Crippen LogP contribution >= 0.6 is 15.9 Å². The molecule has 3 N–H and O–H groups in total. The third-order valence-corrected chi connectivity index (χ3v) is 3.21. The van der Waals surface area contributed by atoms with E-state index in [2.05, 4.69) is 21.2 Å². The van der Waals surface area contributed by atoms with Crippen molar-refractivity contribution in [3.8, 4) is 0 Å². The number of aliphatic hydroxyl groups is 1. The van der Waals surface area contributed by atoms with E-state index in [9.17, 15) is 9.90 Å². The molecule has 0 saturated heterocycles. The van der Waals surface area contributed by atoms with Crippen LogP contribution in [0.15, 0.2) is 22.7 Å². The molecule has 0 saturated carbocycles. The summed E-state index contributed by atoms with van der Waals surface area (Å²) in [4.78, 5) is 10.8. The molecule has 1 aromatic rings. The normalized spacial score (nSPS) is 12.5. The van der Waals surface area contributed by atoms with E-state index < -0.39 is 5.97 Å². The summed E-state index contributed by atoms with van der Waals surface area (Å²) in [6, 6.07) is 4.71. The fraction of sp³-hybridized carbons (Fsp3) is 0.417. The zero-order valence-corrected chi connectivity index (χ0v) is 11.4. The van der Waals surface area contributed by atoms with Gasteiger partial charge >= 0.3 is 5.97 Å². The molecule has 5 heteroatoms. The SMILES string of the molecule is CC(C)[C@@H](CO)Nc1ccc(C(=O)O)cc1Br. The van der Waals surface area contributed by atoms with Crippen LogP contribution in [-0.2, 0) is 0 Å². The lowest BCUT2D eigenvalue weighted by molar-refractivity contribution is 0.0697. The third-order valence-electron chi connectivity index (χ3n) is 2.56. The fourth-order valence-electron chi connectivity index (χ4n) is 1.39. The van der Waals surface area contributed by atoms with Crippen LogP contribution < -0.4 is 5.32 Å². The number of nitrogens with one attached hydrogen (secondary N) is 1. The number of halogens is 1. The Morgan fingerprint density at radius 2 is 2.12 bits per heavy atom. The van der Waals surface area contributed by atoms with E-state index in [1.807, 2.05) is 13.8 Å². The van der Waals surface area contributed by atoms with Crippen molar-refractivity contribution in [2.24, 2.45) is 5.92 Å². The van der Waals surface area contributed by atoms with Crippen LogP contribution in [0.2, 0.25) is 0 Å². The van der Waals surface area contributed by atoms with E-state index in [1.54, 1.807) is 12.1 Å². The number of hydrogen-bond acceptors (Lipinski definition) is 3. The molecule has 0 heterocycles. The number of rotatable bonds is 5. The van der Waals surface area contributed by atoms with Crippen LogP contribution in [0.1, 0.15) is 24.2 Å². The minimum Gasteiger partial charge on any atom is -0.478 e. The average Bonchev–Trinajstić information content (AvgIpc) is 2.26. The number of benzene rings is 1. The minimum absolute atomic E-state index is 0.0325. The second-order valence-electron chi connectivity index (χ2n) is 4.18. The summed E-state index contributed by atoms with van der Waals surface area (Å²) in [5.41, 5.74) is 1.01. The zero-order valence-electron chi connectivity index (χ0n) is 9.77. The van der Waals surface area contributed by atoms with E-state index in [1.165, 1.54) is 6.07 Å². The number of carboxylic acids is 1. The van der Waals surface area contributed by atoms with Gasteiger partial charge in [0.05, 0.1) is 18.2 Å². The third kappa shape index (κ3) is 3.71. The highest BCUT2D eigenvalue weighted by molar-refractivity contribution is 9.10. The Kier molecular flexibility index (Phi) is 4.96. The molecule has 17 heavy (non-hydrogen) atoms. The van der Waals surface area contributed by atoms with Crippen molar-refractivity contribution in [1.29, 1.82) is 0 Å². The van der Waals surface area contributed by atoms with E-state index in [0.29, 0.717) is 4.47 Å². The highest BCUT2D eigenvalue weighted by Crippen LogP contribution is 2.25. The Bertz CT molecular complexity index is 407. The standard InChI is InChI=1S/C12H16BrNO3/c1-7(2)11(6-15)14-10-4-3-8(12(16)17)5-9(10)13/h3-5,7,11,14-15H,6H2,1-2H3,(H,16,17)/t11-/m1/s1. The van der Waals surface area contributed by atoms with Crippen LogP contribution in [0, 0.1) is 5.92 Å². The molecular weight excluding hydrogens is 286 g/mol. The smallest absolute Gasteiger partial charge is 0.335 e. The Hall–Kier alpha value is -1.07. The van der Waals surface area contributed by atoms with Gasteiger partial charge in [0.15, 0.2) is 0 Å². The average molecular weight is 302 g/mol. The second-order valence-corrected chi connectivity index (χ2v) is 5.03. The molecule has 1 rings (SSSR count). The molecule has 94 valence electrons. The van der Waals surface area contributed by atoms with Crippen LogP contribution in [0.25, 0.3) is 0 Å². The molecular formula is C12H16BrNO3. The Balaban J connectivity index is 2.89. The summed E-state index contributed by atoms with van der Waals surface area (Å²) in [7, 11) is 0. The molecule has 0 spiro atoms. The van der Waals surface area contributed by atoms with Gasteiger partial charge < -0.3 is 15.5 Å². The molecule has 1 atom stereocenters. The molecule has 0 aliphatic heterocycles. The first-order valence-electron chi connectivity index (χ1n) is 5.36. The van der Waals surface area contributed by atoms with E-state index in [4.69, 9.17) is 5.11 Å². The van der Waals surface area contributed by atoms with Crippen molar-refractivity contribution in [3.63, 3.8) is 0 Å². The van der Waals surface area contributed by atoms with Crippen molar-refractivity contribution < 1.29 is 15.0 Å². The van der Waals surface area contributed by atoms with Crippen molar-refractivity contribution in [2.75, 3.05) is 11.9 Å². The Labute approximate surface area is 109 Å². The van der Waals surface area contributed by atoms with Gasteiger partial charge in [-0.1, -0.05) is 13.8 Å². The first kappa shape index (κ1) is 14.0. The van der Waals surface area contributed by atoms with E-state index in [0.717, 1.165) is 5.69 Å². The lowest BCUT2D eigenvalue weighted by atomic mass is 10.0. The lowest BCUT2D eigenvalue weighted by Crippen LogP contribution is -2.29. The van der Waals surface area contributed by atoms with Crippen molar-refractivity contribution >= 4 is 27.6 Å². The first-order chi connectivity index (χ1) is 7.95. The summed E-state index contributed by atoms with van der Waals surface area (Å²) >= 11 is 3.31. The van der Waals surface area contributed by atoms with Crippen LogP contribution in [-0.4, -0.2) is 28.8 Å². The summed E-state index contributed by atoms with van der Waals surface area (Å²) in [6.45, 7) is 4.05. The van der Waals surface area contributed by atoms with Gasteiger partial charge in [-0.05, 0) is 40.0 Å². The summed E-state index contributed by atoms with van der Waals surface area (Å²) < 4.78 is 0.677. The van der Waals surface area contributed by atoms with Crippen molar-refractivity contribution in [1.82, 2.24) is 0 Å². The highest BCUT2D eigenvalue weighted by Gasteiger charge is 2.14. The van der Waals surface area contributed by atoms with Gasteiger partial charge in [0.25, 0.3) is 0 Å². The lowest BCUT2D eigenvalue weighted by Gasteiger charge is -2.22. The van der Waals surface area contributed by atoms with Gasteiger partial charge in [-0.3, -0.25) is 0 Å². The van der Waals surface area contributed by atoms with E-state index in [-0.39, 0.29) is 24.1 Å². The minimum atomic E-state index is -0.959.